The minimum absolute atomic E-state index is 0.123. The molecule has 0 aliphatic carbocycles. The highest BCUT2D eigenvalue weighted by molar-refractivity contribution is 5.69. The Morgan fingerprint density at radius 1 is 0.642 bits per heavy atom. The molecule has 1 aliphatic heterocycles. The number of ether oxygens (including phenoxy) is 4. The molecule has 1 heterocycles. The van der Waals surface area contributed by atoms with E-state index in [4.69, 9.17) is 18.9 Å². The maximum Gasteiger partial charge on any atom is 0.508 e. The predicted octanol–water partition coefficient (Wildman–Crippen LogP) is 12.8. The monoisotopic (exact) mass is 748 g/mol. The van der Waals surface area contributed by atoms with Crippen molar-refractivity contribution in [3.8, 4) is 0 Å². The van der Waals surface area contributed by atoms with E-state index in [-0.39, 0.29) is 25.1 Å². The van der Waals surface area contributed by atoms with Gasteiger partial charge in [-0.3, -0.25) is 4.79 Å². The molecule has 1 rings (SSSR count). The van der Waals surface area contributed by atoms with Gasteiger partial charge in [0.15, 0.2) is 0 Å². The van der Waals surface area contributed by atoms with E-state index in [2.05, 4.69) is 57.0 Å². The normalized spacial score (nSPS) is 16.3. The molecule has 0 aromatic carbocycles. The smallest absolute Gasteiger partial charge is 0.465 e. The number of nitrogens with zero attached hydrogens (tertiary/aromatic N) is 1. The van der Waals surface area contributed by atoms with E-state index in [0.717, 1.165) is 64.5 Å². The number of piperidine rings is 1. The lowest BCUT2D eigenvalue weighted by Gasteiger charge is -2.29. The van der Waals surface area contributed by atoms with Crippen LogP contribution >= 0.6 is 0 Å². The second kappa shape index (κ2) is 37.1. The number of likely N-dealkylation sites (tertiary alicyclic amines) is 1. The highest BCUT2D eigenvalue weighted by atomic mass is 16.7. The van der Waals surface area contributed by atoms with Crippen LogP contribution in [-0.4, -0.2) is 70.2 Å². The molecule has 53 heavy (non-hydrogen) atoms. The van der Waals surface area contributed by atoms with Crippen molar-refractivity contribution in [3.05, 3.63) is 24.3 Å². The summed E-state index contributed by atoms with van der Waals surface area (Å²) in [6, 6.07) is 0. The molecule has 0 radical (unpaired) electrons. The average Bonchev–Trinajstić information content (AvgIpc) is 3.15. The number of carbonyl (C=O) groups excluding carboxylic acids is 2. The quantitative estimate of drug-likeness (QED) is 0.0359. The molecular weight excluding hydrogens is 663 g/mol. The van der Waals surface area contributed by atoms with Crippen molar-refractivity contribution in [2.75, 3.05) is 53.2 Å². The minimum atomic E-state index is -0.644. The minimum Gasteiger partial charge on any atom is -0.465 e. The van der Waals surface area contributed by atoms with Gasteiger partial charge in [-0.25, -0.2) is 4.79 Å². The number of unbranched alkanes of at least 4 members (excludes halogenated alkanes) is 15. The molecule has 1 fully saturated rings. The molecule has 7 nitrogen and oxygen atoms in total. The molecule has 1 aliphatic rings. The third-order valence-electron chi connectivity index (χ3n) is 10.6. The third kappa shape index (κ3) is 32.1. The zero-order chi connectivity index (χ0) is 38.5. The van der Waals surface area contributed by atoms with Gasteiger partial charge in [-0.1, -0.05) is 148 Å². The standard InChI is InChI=1S/C46H85NO6/c1-5-8-11-13-15-16-17-18-19-20-21-22-23-25-28-33-45(48)51-40-44(41-53-46(49)52-39-43-32-29-35-47(4)37-43)38-50-36-34-42(30-26-10-7-3)31-27-24-14-12-9-6-2/h15-16,18-19,42-44H,5-14,17,20-41H2,1-4H3/b16-15-,19-18-. The van der Waals surface area contributed by atoms with Crippen LogP contribution in [0.5, 0.6) is 0 Å². The van der Waals surface area contributed by atoms with Crippen LogP contribution in [0, 0.1) is 17.8 Å². The summed E-state index contributed by atoms with van der Waals surface area (Å²) in [6.07, 6.45) is 39.2. The van der Waals surface area contributed by atoms with E-state index in [1.54, 1.807) is 0 Å². The molecule has 0 aromatic rings. The molecule has 7 heteroatoms. The first kappa shape index (κ1) is 49.2. The molecule has 0 spiro atoms. The fraction of sp³-hybridized carbons (Fsp3) is 0.870. The molecule has 3 atom stereocenters. The van der Waals surface area contributed by atoms with Gasteiger partial charge in [-0.2, -0.15) is 0 Å². The van der Waals surface area contributed by atoms with Gasteiger partial charge in [-0.15, -0.1) is 0 Å². The molecular formula is C46H85NO6. The fourth-order valence-electron chi connectivity index (χ4n) is 7.16. The number of hydrogen-bond donors (Lipinski definition) is 0. The lowest BCUT2D eigenvalue weighted by molar-refractivity contribution is -0.146. The Morgan fingerprint density at radius 3 is 1.94 bits per heavy atom. The third-order valence-corrected chi connectivity index (χ3v) is 10.6. The summed E-state index contributed by atoms with van der Waals surface area (Å²) in [7, 11) is 2.11. The predicted molar refractivity (Wildman–Crippen MR) is 222 cm³/mol. The maximum absolute atomic E-state index is 12.6. The summed E-state index contributed by atoms with van der Waals surface area (Å²) in [6.45, 7) is 10.6. The van der Waals surface area contributed by atoms with Gasteiger partial charge in [-0.05, 0) is 77.3 Å². The fourth-order valence-corrected chi connectivity index (χ4v) is 7.16. The van der Waals surface area contributed by atoms with Crippen molar-refractivity contribution >= 4 is 12.1 Å². The first-order chi connectivity index (χ1) is 26.0. The zero-order valence-corrected chi connectivity index (χ0v) is 35.3. The molecule has 0 aromatic heterocycles. The van der Waals surface area contributed by atoms with Crippen molar-refractivity contribution in [1.82, 2.24) is 4.90 Å². The Morgan fingerprint density at radius 2 is 1.23 bits per heavy atom. The number of carbonyl (C=O) groups is 2. The van der Waals surface area contributed by atoms with Crippen molar-refractivity contribution in [2.45, 2.75) is 188 Å². The summed E-state index contributed by atoms with van der Waals surface area (Å²) in [5.41, 5.74) is 0. The molecule has 3 unspecified atom stereocenters. The second-order valence-corrected chi connectivity index (χ2v) is 16.0. The lowest BCUT2D eigenvalue weighted by atomic mass is 9.92. The summed E-state index contributed by atoms with van der Waals surface area (Å²) in [5, 5.41) is 0. The largest absolute Gasteiger partial charge is 0.508 e. The highest BCUT2D eigenvalue weighted by Gasteiger charge is 2.21. The molecule has 0 saturated carbocycles. The van der Waals surface area contributed by atoms with Crippen molar-refractivity contribution in [2.24, 2.45) is 17.8 Å². The first-order valence-corrected chi connectivity index (χ1v) is 22.5. The van der Waals surface area contributed by atoms with E-state index in [0.29, 0.717) is 38.1 Å². The summed E-state index contributed by atoms with van der Waals surface area (Å²) in [4.78, 5) is 27.4. The van der Waals surface area contributed by atoms with Gasteiger partial charge in [0.2, 0.25) is 0 Å². The number of allylic oxidation sites excluding steroid dienone is 4. The van der Waals surface area contributed by atoms with E-state index >= 15 is 0 Å². The van der Waals surface area contributed by atoms with Crippen LogP contribution in [0.3, 0.4) is 0 Å². The Kier molecular flexibility index (Phi) is 34.4. The molecule has 0 bridgehead atoms. The van der Waals surface area contributed by atoms with E-state index in [1.807, 2.05) is 0 Å². The summed E-state index contributed by atoms with van der Waals surface area (Å²) >= 11 is 0. The molecule has 0 amide bonds. The molecule has 1 saturated heterocycles. The highest BCUT2D eigenvalue weighted by Crippen LogP contribution is 2.22. The van der Waals surface area contributed by atoms with E-state index < -0.39 is 6.16 Å². The van der Waals surface area contributed by atoms with Gasteiger partial charge < -0.3 is 23.8 Å². The van der Waals surface area contributed by atoms with Crippen LogP contribution < -0.4 is 0 Å². The Balaban J connectivity index is 2.41. The summed E-state index contributed by atoms with van der Waals surface area (Å²) < 4.78 is 22.9. The van der Waals surface area contributed by atoms with Crippen LogP contribution in [0.25, 0.3) is 0 Å². The van der Waals surface area contributed by atoms with E-state index in [9.17, 15) is 9.59 Å². The topological polar surface area (TPSA) is 74.3 Å². The average molecular weight is 748 g/mol. The first-order valence-electron chi connectivity index (χ1n) is 22.5. The van der Waals surface area contributed by atoms with Crippen LogP contribution in [0.15, 0.2) is 24.3 Å². The number of rotatable bonds is 36. The van der Waals surface area contributed by atoms with Gasteiger partial charge >= 0.3 is 12.1 Å². The Labute approximate surface area is 327 Å². The lowest BCUT2D eigenvalue weighted by Crippen LogP contribution is -2.35. The number of esters is 1. The zero-order valence-electron chi connectivity index (χ0n) is 35.3. The summed E-state index contributed by atoms with van der Waals surface area (Å²) in [5.74, 6) is 0.642. The van der Waals surface area contributed by atoms with Crippen LogP contribution in [-0.2, 0) is 23.7 Å². The number of hydrogen-bond acceptors (Lipinski definition) is 7. The van der Waals surface area contributed by atoms with Gasteiger partial charge in [0, 0.05) is 25.5 Å². The second-order valence-electron chi connectivity index (χ2n) is 16.0. The van der Waals surface area contributed by atoms with Crippen LogP contribution in [0.2, 0.25) is 0 Å². The van der Waals surface area contributed by atoms with Gasteiger partial charge in [0.25, 0.3) is 0 Å². The molecule has 310 valence electrons. The Hall–Kier alpha value is -1.86. The van der Waals surface area contributed by atoms with E-state index in [1.165, 1.54) is 109 Å². The van der Waals surface area contributed by atoms with Gasteiger partial charge in [0.05, 0.1) is 25.7 Å². The maximum atomic E-state index is 12.6. The van der Waals surface area contributed by atoms with Crippen molar-refractivity contribution in [1.29, 1.82) is 0 Å². The molecule has 0 N–H and O–H groups in total. The van der Waals surface area contributed by atoms with Crippen molar-refractivity contribution < 1.29 is 28.5 Å². The van der Waals surface area contributed by atoms with Crippen LogP contribution in [0.1, 0.15) is 188 Å². The SMILES string of the molecule is CCCCC/C=C\C/C=C\CCCCCCCC(=O)OCC(COCCC(CCCCC)CCCCCCCC)COC(=O)OCC1CCCN(C)C1. The Bertz CT molecular complexity index is 891. The van der Waals surface area contributed by atoms with Gasteiger partial charge in [0.1, 0.15) is 6.61 Å². The van der Waals surface area contributed by atoms with Crippen molar-refractivity contribution in [3.63, 3.8) is 0 Å². The van der Waals surface area contributed by atoms with Crippen LogP contribution in [0.4, 0.5) is 4.79 Å².